The van der Waals surface area contributed by atoms with Crippen molar-refractivity contribution in [2.45, 2.75) is 45.1 Å². The summed E-state index contributed by atoms with van der Waals surface area (Å²) < 4.78 is 33.3. The maximum atomic E-state index is 13.2. The molecule has 1 heterocycles. The van der Waals surface area contributed by atoms with E-state index in [1.807, 2.05) is 57.2 Å². The molecule has 1 aliphatic rings. The van der Waals surface area contributed by atoms with Crippen molar-refractivity contribution in [2.24, 2.45) is 5.92 Å². The number of methoxy groups -OCH3 is 1. The van der Waals surface area contributed by atoms with Crippen LogP contribution in [0.5, 0.6) is 5.75 Å². The molecule has 7 heteroatoms. The van der Waals surface area contributed by atoms with Crippen molar-refractivity contribution >= 4 is 15.9 Å². The number of amides is 1. The van der Waals surface area contributed by atoms with Gasteiger partial charge in [0.05, 0.1) is 12.0 Å². The Hall–Kier alpha value is -2.38. The molecule has 1 saturated heterocycles. The second-order valence-electron chi connectivity index (χ2n) is 7.94. The standard InChI is InChI=1S/C23H30N2O4S/c1-16-13-17(2)22(18(3)14-16)30(27,28)25-11-9-19(10-12-25)23(26)24-15-20-7-5-6-8-21(20)29-4/h5-8,13-14,19H,9-12,15H2,1-4H3,(H,24,26). The van der Waals surface area contributed by atoms with E-state index < -0.39 is 10.0 Å². The highest BCUT2D eigenvalue weighted by Gasteiger charge is 2.33. The average Bonchev–Trinajstić information content (AvgIpc) is 2.71. The molecule has 30 heavy (non-hydrogen) atoms. The molecule has 162 valence electrons. The van der Waals surface area contributed by atoms with Gasteiger partial charge in [-0.05, 0) is 50.8 Å². The summed E-state index contributed by atoms with van der Waals surface area (Å²) >= 11 is 0. The maximum Gasteiger partial charge on any atom is 0.243 e. The molecule has 0 unspecified atom stereocenters. The zero-order chi connectivity index (χ0) is 21.9. The molecule has 0 radical (unpaired) electrons. The number of hydrogen-bond acceptors (Lipinski definition) is 4. The van der Waals surface area contributed by atoms with Gasteiger partial charge in [0.15, 0.2) is 0 Å². The van der Waals surface area contributed by atoms with Gasteiger partial charge in [-0.3, -0.25) is 4.79 Å². The Bertz CT molecular complexity index is 1000. The first-order valence-electron chi connectivity index (χ1n) is 10.2. The van der Waals surface area contributed by atoms with E-state index in [1.54, 1.807) is 7.11 Å². The van der Waals surface area contributed by atoms with E-state index in [1.165, 1.54) is 4.31 Å². The van der Waals surface area contributed by atoms with Crippen molar-refractivity contribution in [1.29, 1.82) is 0 Å². The summed E-state index contributed by atoms with van der Waals surface area (Å²) in [5.74, 6) is 0.509. The summed E-state index contributed by atoms with van der Waals surface area (Å²) in [7, 11) is -1.96. The van der Waals surface area contributed by atoms with Gasteiger partial charge >= 0.3 is 0 Å². The van der Waals surface area contributed by atoms with Crippen molar-refractivity contribution in [3.05, 3.63) is 58.7 Å². The van der Waals surface area contributed by atoms with Crippen molar-refractivity contribution in [3.63, 3.8) is 0 Å². The third-order valence-corrected chi connectivity index (χ3v) is 7.88. The van der Waals surface area contributed by atoms with Gasteiger partial charge in [-0.25, -0.2) is 8.42 Å². The molecular formula is C23H30N2O4S. The van der Waals surface area contributed by atoms with Gasteiger partial charge in [-0.15, -0.1) is 0 Å². The molecule has 1 N–H and O–H groups in total. The molecule has 1 aliphatic heterocycles. The van der Waals surface area contributed by atoms with Crippen LogP contribution in [0.4, 0.5) is 0 Å². The molecule has 2 aromatic rings. The molecule has 1 fully saturated rings. The number of sulfonamides is 1. The zero-order valence-electron chi connectivity index (χ0n) is 18.1. The van der Waals surface area contributed by atoms with Gasteiger partial charge < -0.3 is 10.1 Å². The van der Waals surface area contributed by atoms with Gasteiger partial charge in [0.2, 0.25) is 15.9 Å². The van der Waals surface area contributed by atoms with Crippen LogP contribution in [0.25, 0.3) is 0 Å². The minimum absolute atomic E-state index is 0.0411. The van der Waals surface area contributed by atoms with E-state index >= 15 is 0 Å². The first-order chi connectivity index (χ1) is 14.2. The van der Waals surface area contributed by atoms with Crippen molar-refractivity contribution in [1.82, 2.24) is 9.62 Å². The Labute approximate surface area is 179 Å². The molecule has 3 rings (SSSR count). The maximum absolute atomic E-state index is 13.2. The molecule has 0 atom stereocenters. The van der Waals surface area contributed by atoms with Crippen LogP contribution in [0.15, 0.2) is 41.3 Å². The fourth-order valence-corrected chi connectivity index (χ4v) is 6.12. The van der Waals surface area contributed by atoms with Crippen LogP contribution in [0.1, 0.15) is 35.1 Å². The van der Waals surface area contributed by atoms with E-state index in [4.69, 9.17) is 4.74 Å². The van der Waals surface area contributed by atoms with E-state index in [0.717, 1.165) is 28.0 Å². The highest BCUT2D eigenvalue weighted by molar-refractivity contribution is 7.89. The monoisotopic (exact) mass is 430 g/mol. The molecule has 6 nitrogen and oxygen atoms in total. The van der Waals surface area contributed by atoms with Crippen LogP contribution in [0.2, 0.25) is 0 Å². The average molecular weight is 431 g/mol. The lowest BCUT2D eigenvalue weighted by atomic mass is 9.97. The topological polar surface area (TPSA) is 75.7 Å². The van der Waals surface area contributed by atoms with Gasteiger partial charge in [0, 0.05) is 31.1 Å². The van der Waals surface area contributed by atoms with Crippen LogP contribution >= 0.6 is 0 Å². The number of nitrogens with one attached hydrogen (secondary N) is 1. The number of rotatable bonds is 6. The van der Waals surface area contributed by atoms with Gasteiger partial charge in [0.1, 0.15) is 5.75 Å². The summed E-state index contributed by atoms with van der Waals surface area (Å²) in [6.07, 6.45) is 1.03. The SMILES string of the molecule is COc1ccccc1CNC(=O)C1CCN(S(=O)(=O)c2c(C)cc(C)cc2C)CC1. The fourth-order valence-electron chi connectivity index (χ4n) is 4.24. The number of carbonyl (C=O) groups excluding carboxylic acids is 1. The third kappa shape index (κ3) is 4.68. The largest absolute Gasteiger partial charge is 0.496 e. The number of benzene rings is 2. The van der Waals surface area contributed by atoms with Gasteiger partial charge in [-0.1, -0.05) is 35.9 Å². The highest BCUT2D eigenvalue weighted by atomic mass is 32.2. The highest BCUT2D eigenvalue weighted by Crippen LogP contribution is 2.29. The lowest BCUT2D eigenvalue weighted by molar-refractivity contribution is -0.126. The fraction of sp³-hybridized carbons (Fsp3) is 0.435. The number of ether oxygens (including phenoxy) is 1. The Morgan fingerprint density at radius 2 is 1.70 bits per heavy atom. The van der Waals surface area contributed by atoms with Crippen LogP contribution in [-0.4, -0.2) is 38.8 Å². The molecule has 0 spiro atoms. The smallest absolute Gasteiger partial charge is 0.243 e. The number of nitrogens with zero attached hydrogens (tertiary/aromatic N) is 1. The Morgan fingerprint density at radius 3 is 2.30 bits per heavy atom. The van der Waals surface area contributed by atoms with Crippen LogP contribution in [-0.2, 0) is 21.4 Å². The Kier molecular flexibility index (Phi) is 6.83. The van der Waals surface area contributed by atoms with E-state index in [2.05, 4.69) is 5.32 Å². The summed E-state index contributed by atoms with van der Waals surface area (Å²) in [4.78, 5) is 13.0. The summed E-state index contributed by atoms with van der Waals surface area (Å²) in [6, 6.07) is 11.4. The normalized spacial score (nSPS) is 15.7. The molecule has 2 aromatic carbocycles. The minimum atomic E-state index is -3.57. The summed E-state index contributed by atoms with van der Waals surface area (Å²) in [5, 5.41) is 2.97. The van der Waals surface area contributed by atoms with Crippen molar-refractivity contribution in [2.75, 3.05) is 20.2 Å². The number of carbonyl (C=O) groups is 1. The van der Waals surface area contributed by atoms with E-state index in [9.17, 15) is 13.2 Å². The second-order valence-corrected chi connectivity index (χ2v) is 9.81. The molecule has 0 bridgehead atoms. The van der Waals surface area contributed by atoms with Gasteiger partial charge in [-0.2, -0.15) is 4.31 Å². The lowest BCUT2D eigenvalue weighted by Crippen LogP contribution is -2.43. The molecule has 1 amide bonds. The first kappa shape index (κ1) is 22.3. The number of para-hydroxylation sites is 1. The first-order valence-corrected chi connectivity index (χ1v) is 11.7. The van der Waals surface area contributed by atoms with Crippen molar-refractivity contribution in [3.8, 4) is 5.75 Å². The summed E-state index contributed by atoms with van der Waals surface area (Å²) in [5.41, 5.74) is 3.50. The van der Waals surface area contributed by atoms with E-state index in [0.29, 0.717) is 37.4 Å². The second kappa shape index (κ2) is 9.18. The van der Waals surface area contributed by atoms with Crippen LogP contribution in [0.3, 0.4) is 0 Å². The van der Waals surface area contributed by atoms with Crippen LogP contribution < -0.4 is 10.1 Å². The van der Waals surface area contributed by atoms with Crippen molar-refractivity contribution < 1.29 is 17.9 Å². The molecular weight excluding hydrogens is 400 g/mol. The molecule has 0 aromatic heterocycles. The quantitative estimate of drug-likeness (QED) is 0.763. The zero-order valence-corrected chi connectivity index (χ0v) is 18.9. The van der Waals surface area contributed by atoms with Crippen LogP contribution in [0, 0.1) is 26.7 Å². The minimum Gasteiger partial charge on any atom is -0.496 e. The third-order valence-electron chi connectivity index (χ3n) is 5.67. The van der Waals surface area contributed by atoms with Gasteiger partial charge in [0.25, 0.3) is 0 Å². The number of piperidine rings is 1. The number of hydrogen-bond donors (Lipinski definition) is 1. The lowest BCUT2D eigenvalue weighted by Gasteiger charge is -2.31. The number of aryl methyl sites for hydroxylation is 3. The predicted octanol–water partition coefficient (Wildman–Crippen LogP) is 3.34. The molecule has 0 saturated carbocycles. The predicted molar refractivity (Wildman–Crippen MR) is 117 cm³/mol. The Morgan fingerprint density at radius 1 is 1.10 bits per heavy atom. The summed E-state index contributed by atoms with van der Waals surface area (Å²) in [6.45, 7) is 6.73. The molecule has 0 aliphatic carbocycles. The van der Waals surface area contributed by atoms with E-state index in [-0.39, 0.29) is 11.8 Å². The Balaban J connectivity index is 1.62.